The molecule has 0 radical (unpaired) electrons. The third-order valence-corrected chi connectivity index (χ3v) is 1.47. The number of hydrogen-bond acceptors (Lipinski definition) is 3. The summed E-state index contributed by atoms with van der Waals surface area (Å²) in [5.74, 6) is 2.89. The maximum absolute atomic E-state index is 8.64. The molecule has 0 aliphatic rings. The maximum atomic E-state index is 8.64. The van der Waals surface area contributed by atoms with Crippen LogP contribution in [0.4, 0.5) is 5.69 Å². The van der Waals surface area contributed by atoms with Gasteiger partial charge in [0.15, 0.2) is 0 Å². The van der Waals surface area contributed by atoms with Gasteiger partial charge in [-0.3, -0.25) is 0 Å². The van der Waals surface area contributed by atoms with Crippen LogP contribution in [-0.2, 0) is 0 Å². The van der Waals surface area contributed by atoms with Crippen molar-refractivity contribution in [1.82, 2.24) is 0 Å². The Kier molecular flexibility index (Phi) is 2.78. The van der Waals surface area contributed by atoms with Crippen LogP contribution in [0.2, 0.25) is 0 Å². The Bertz CT molecular complexity index is 385. The molecule has 3 heteroatoms. The van der Waals surface area contributed by atoms with E-state index in [1.165, 1.54) is 0 Å². The highest BCUT2D eigenvalue weighted by Crippen LogP contribution is 2.18. The fraction of sp³-hybridized carbons (Fsp3) is 0.100. The lowest BCUT2D eigenvalue weighted by Crippen LogP contribution is -1.95. The van der Waals surface area contributed by atoms with Gasteiger partial charge in [-0.15, -0.1) is 6.42 Å². The number of nitrogens with zero attached hydrogens (tertiary/aromatic N) is 1. The molecule has 0 heterocycles. The number of anilines is 1. The van der Waals surface area contributed by atoms with Crippen LogP contribution in [0.15, 0.2) is 18.2 Å². The molecule has 0 fully saturated rings. The van der Waals surface area contributed by atoms with Gasteiger partial charge in [-0.05, 0) is 12.1 Å². The molecule has 64 valence electrons. The van der Waals surface area contributed by atoms with Gasteiger partial charge in [0, 0.05) is 11.8 Å². The number of ether oxygens (including phenoxy) is 1. The first-order chi connectivity index (χ1) is 6.27. The van der Waals surface area contributed by atoms with E-state index in [1.54, 1.807) is 18.2 Å². The number of benzene rings is 1. The molecule has 0 aliphatic heterocycles. The topological polar surface area (TPSA) is 59.0 Å². The van der Waals surface area contributed by atoms with Crippen molar-refractivity contribution in [2.45, 2.75) is 0 Å². The predicted octanol–water partition coefficient (Wildman–Crippen LogP) is 1.15. The van der Waals surface area contributed by atoms with E-state index in [0.29, 0.717) is 17.0 Å². The average molecular weight is 172 g/mol. The smallest absolute Gasteiger partial charge is 0.148 e. The lowest BCUT2D eigenvalue weighted by molar-refractivity contribution is 0.370. The Labute approximate surface area is 76.7 Å². The number of hydrogen-bond donors (Lipinski definition) is 1. The van der Waals surface area contributed by atoms with E-state index in [1.807, 2.05) is 6.07 Å². The van der Waals surface area contributed by atoms with E-state index in [0.717, 1.165) is 0 Å². The minimum atomic E-state index is 0.189. The zero-order valence-electron chi connectivity index (χ0n) is 6.95. The Hall–Kier alpha value is -2.13. The lowest BCUT2D eigenvalue weighted by Gasteiger charge is -2.03. The van der Waals surface area contributed by atoms with Crippen molar-refractivity contribution < 1.29 is 4.74 Å². The van der Waals surface area contributed by atoms with Gasteiger partial charge >= 0.3 is 0 Å². The van der Waals surface area contributed by atoms with E-state index in [9.17, 15) is 0 Å². The largest absolute Gasteiger partial charge is 0.481 e. The third kappa shape index (κ3) is 2.15. The summed E-state index contributed by atoms with van der Waals surface area (Å²) in [4.78, 5) is 0. The average Bonchev–Trinajstić information content (AvgIpc) is 2.16. The highest BCUT2D eigenvalue weighted by Gasteiger charge is 1.99. The van der Waals surface area contributed by atoms with Crippen molar-refractivity contribution in [1.29, 1.82) is 5.26 Å². The first kappa shape index (κ1) is 8.96. The molecule has 0 bridgehead atoms. The highest BCUT2D eigenvalue weighted by atomic mass is 16.5. The summed E-state index contributed by atoms with van der Waals surface area (Å²) < 4.78 is 5.11. The molecular formula is C10H8N2O. The van der Waals surface area contributed by atoms with Gasteiger partial charge in [0.2, 0.25) is 0 Å². The SMILES string of the molecule is C#CCOc1ccc(N)c(C#N)c1. The van der Waals surface area contributed by atoms with Gasteiger partial charge in [-0.25, -0.2) is 0 Å². The van der Waals surface area contributed by atoms with Gasteiger partial charge < -0.3 is 10.5 Å². The number of nitrogens with two attached hydrogens (primary N) is 1. The zero-order valence-corrected chi connectivity index (χ0v) is 6.95. The van der Waals surface area contributed by atoms with E-state index in [-0.39, 0.29) is 6.61 Å². The standard InChI is InChI=1S/C10H8N2O/c1-2-5-13-9-3-4-10(12)8(6-9)7-11/h1,3-4,6H,5,12H2. The fourth-order valence-corrected chi connectivity index (χ4v) is 0.847. The Morgan fingerprint density at radius 3 is 2.92 bits per heavy atom. The van der Waals surface area contributed by atoms with Crippen molar-refractivity contribution in [3.63, 3.8) is 0 Å². The second kappa shape index (κ2) is 4.04. The molecule has 0 unspecified atom stereocenters. The molecule has 0 saturated heterocycles. The monoisotopic (exact) mass is 172 g/mol. The Morgan fingerprint density at radius 2 is 2.31 bits per heavy atom. The van der Waals surface area contributed by atoms with Crippen LogP contribution in [-0.4, -0.2) is 6.61 Å². The summed E-state index contributed by atoms with van der Waals surface area (Å²) in [5.41, 5.74) is 6.35. The van der Waals surface area contributed by atoms with Gasteiger partial charge in [-0.1, -0.05) is 5.92 Å². The molecule has 0 spiro atoms. The first-order valence-corrected chi connectivity index (χ1v) is 3.64. The molecule has 0 aromatic heterocycles. The Morgan fingerprint density at radius 1 is 1.54 bits per heavy atom. The van der Waals surface area contributed by atoms with Gasteiger partial charge in [0.05, 0.1) is 5.56 Å². The summed E-state index contributed by atoms with van der Waals surface area (Å²) in [6.45, 7) is 0.189. The molecule has 0 atom stereocenters. The summed E-state index contributed by atoms with van der Waals surface area (Å²) >= 11 is 0. The molecule has 1 aromatic rings. The molecule has 0 aliphatic carbocycles. The second-order valence-electron chi connectivity index (χ2n) is 2.35. The number of rotatable bonds is 2. The number of nitrogen functional groups attached to an aromatic ring is 1. The van der Waals surface area contributed by atoms with Crippen molar-refractivity contribution in [2.24, 2.45) is 0 Å². The summed E-state index contributed by atoms with van der Waals surface area (Å²) in [5, 5.41) is 8.64. The van der Waals surface area contributed by atoms with Gasteiger partial charge in [0.1, 0.15) is 18.4 Å². The molecule has 0 amide bonds. The normalized spacial score (nSPS) is 8.46. The number of terminal acetylenes is 1. The highest BCUT2D eigenvalue weighted by molar-refractivity contribution is 5.56. The molecule has 2 N–H and O–H groups in total. The zero-order chi connectivity index (χ0) is 9.68. The quantitative estimate of drug-likeness (QED) is 0.537. The van der Waals surface area contributed by atoms with Gasteiger partial charge in [-0.2, -0.15) is 5.26 Å². The van der Waals surface area contributed by atoms with E-state index >= 15 is 0 Å². The summed E-state index contributed by atoms with van der Waals surface area (Å²) in [7, 11) is 0. The summed E-state index contributed by atoms with van der Waals surface area (Å²) in [6, 6.07) is 6.81. The van der Waals surface area contributed by atoms with Crippen LogP contribution in [0.5, 0.6) is 5.75 Å². The van der Waals surface area contributed by atoms with Crippen molar-refractivity contribution in [3.8, 4) is 24.2 Å². The van der Waals surface area contributed by atoms with Crippen molar-refractivity contribution >= 4 is 5.69 Å². The first-order valence-electron chi connectivity index (χ1n) is 3.64. The molecule has 13 heavy (non-hydrogen) atoms. The number of nitriles is 1. The van der Waals surface area contributed by atoms with E-state index in [2.05, 4.69) is 5.92 Å². The lowest BCUT2D eigenvalue weighted by atomic mass is 10.2. The van der Waals surface area contributed by atoms with Gasteiger partial charge in [0.25, 0.3) is 0 Å². The molecule has 0 saturated carbocycles. The van der Waals surface area contributed by atoms with E-state index in [4.69, 9.17) is 22.2 Å². The van der Waals surface area contributed by atoms with Crippen LogP contribution in [0, 0.1) is 23.7 Å². The predicted molar refractivity (Wildman–Crippen MR) is 49.9 cm³/mol. The minimum Gasteiger partial charge on any atom is -0.481 e. The van der Waals surface area contributed by atoms with E-state index < -0.39 is 0 Å². The van der Waals surface area contributed by atoms with Crippen molar-refractivity contribution in [2.75, 3.05) is 12.3 Å². The van der Waals surface area contributed by atoms with Crippen LogP contribution in [0.1, 0.15) is 5.56 Å². The molecule has 3 nitrogen and oxygen atoms in total. The molecular weight excluding hydrogens is 164 g/mol. The van der Waals surface area contributed by atoms with Crippen LogP contribution >= 0.6 is 0 Å². The third-order valence-electron chi connectivity index (χ3n) is 1.47. The second-order valence-corrected chi connectivity index (χ2v) is 2.35. The Balaban J connectivity index is 2.89. The van der Waals surface area contributed by atoms with Crippen molar-refractivity contribution in [3.05, 3.63) is 23.8 Å². The molecule has 1 aromatic carbocycles. The van der Waals surface area contributed by atoms with Crippen LogP contribution < -0.4 is 10.5 Å². The minimum absolute atomic E-state index is 0.189. The molecule has 1 rings (SSSR count). The summed E-state index contributed by atoms with van der Waals surface area (Å²) in [6.07, 6.45) is 5.01. The van der Waals surface area contributed by atoms with Crippen LogP contribution in [0.25, 0.3) is 0 Å². The van der Waals surface area contributed by atoms with Crippen LogP contribution in [0.3, 0.4) is 0 Å². The fourth-order valence-electron chi connectivity index (χ4n) is 0.847. The maximum Gasteiger partial charge on any atom is 0.148 e.